The summed E-state index contributed by atoms with van der Waals surface area (Å²) in [5, 5.41) is 17.7. The second-order valence-corrected chi connectivity index (χ2v) is 10.7. The standard InChI is InChI=1S/C26H29F2N5O2/c1-25(35)7-9-26(10-8-25)14-21(26)30-24(34)18-15-29-33-12-6-22(31-23(18)33)32-11-2-3-20(32)17-13-16(27)4-5-19(17)28/h4-6,12-13,15,20-21,35H,2-3,7-11,14H2,1H3,(H,30,34)/t20-,21?,25?,26?/m1/s1. The Morgan fingerprint density at radius 1 is 1.20 bits per heavy atom. The van der Waals surface area contributed by atoms with Gasteiger partial charge in [0, 0.05) is 24.3 Å². The van der Waals surface area contributed by atoms with Gasteiger partial charge >= 0.3 is 0 Å². The van der Waals surface area contributed by atoms with Crippen LogP contribution in [0.5, 0.6) is 0 Å². The van der Waals surface area contributed by atoms with E-state index in [0.29, 0.717) is 35.6 Å². The summed E-state index contributed by atoms with van der Waals surface area (Å²) in [5.74, 6) is -0.504. The average molecular weight is 482 g/mol. The van der Waals surface area contributed by atoms with Gasteiger partial charge in [0.15, 0.2) is 5.65 Å². The Hall–Kier alpha value is -3.07. The first-order valence-electron chi connectivity index (χ1n) is 12.3. The summed E-state index contributed by atoms with van der Waals surface area (Å²) in [6, 6.07) is 5.11. The number of anilines is 1. The molecule has 9 heteroatoms. The highest BCUT2D eigenvalue weighted by molar-refractivity contribution is 6.00. The van der Waals surface area contributed by atoms with Gasteiger partial charge in [0.05, 0.1) is 17.8 Å². The highest BCUT2D eigenvalue weighted by Crippen LogP contribution is 2.58. The van der Waals surface area contributed by atoms with Crippen LogP contribution in [-0.4, -0.2) is 43.8 Å². The minimum atomic E-state index is -0.604. The Kier molecular flexibility index (Phi) is 5.11. The highest BCUT2D eigenvalue weighted by Gasteiger charge is 2.57. The van der Waals surface area contributed by atoms with Crippen molar-refractivity contribution in [1.29, 1.82) is 0 Å². The Morgan fingerprint density at radius 3 is 2.80 bits per heavy atom. The number of nitrogens with one attached hydrogen (secondary N) is 1. The predicted molar refractivity (Wildman–Crippen MR) is 126 cm³/mol. The quantitative estimate of drug-likeness (QED) is 0.585. The predicted octanol–water partition coefficient (Wildman–Crippen LogP) is 4.16. The van der Waals surface area contributed by atoms with Gasteiger partial charge in [-0.25, -0.2) is 18.3 Å². The molecule has 2 atom stereocenters. The van der Waals surface area contributed by atoms with Crippen LogP contribution < -0.4 is 10.2 Å². The van der Waals surface area contributed by atoms with Gasteiger partial charge in [0.1, 0.15) is 23.0 Å². The zero-order valence-corrected chi connectivity index (χ0v) is 19.7. The van der Waals surface area contributed by atoms with Crippen LogP contribution in [0.15, 0.2) is 36.7 Å². The number of rotatable bonds is 4. The van der Waals surface area contributed by atoms with Crippen LogP contribution in [0.1, 0.15) is 73.8 Å². The first kappa shape index (κ1) is 22.4. The van der Waals surface area contributed by atoms with E-state index in [1.165, 1.54) is 12.3 Å². The Bertz CT molecular complexity index is 1300. The number of benzene rings is 1. The number of carbonyl (C=O) groups excluding carboxylic acids is 1. The minimum Gasteiger partial charge on any atom is -0.390 e. The number of nitrogens with zero attached hydrogens (tertiary/aromatic N) is 4. The molecule has 6 rings (SSSR count). The van der Waals surface area contributed by atoms with Crippen LogP contribution in [0, 0.1) is 17.0 Å². The Labute approximate surface area is 202 Å². The molecule has 2 saturated carbocycles. The second-order valence-electron chi connectivity index (χ2n) is 10.7. The zero-order valence-electron chi connectivity index (χ0n) is 19.7. The monoisotopic (exact) mass is 481 g/mol. The van der Waals surface area contributed by atoms with Crippen LogP contribution in [0.2, 0.25) is 0 Å². The topological polar surface area (TPSA) is 82.8 Å². The Morgan fingerprint density at radius 2 is 2.00 bits per heavy atom. The van der Waals surface area contributed by atoms with E-state index in [4.69, 9.17) is 4.98 Å². The van der Waals surface area contributed by atoms with Crippen LogP contribution in [0.4, 0.5) is 14.6 Å². The van der Waals surface area contributed by atoms with Crippen molar-refractivity contribution < 1.29 is 18.7 Å². The SMILES string of the molecule is CC1(O)CCC2(CC1)CC2NC(=O)c1cnn2ccc(N3CCC[C@@H]3c3cc(F)ccc3F)nc12. The van der Waals surface area contributed by atoms with Crippen molar-refractivity contribution in [3.63, 3.8) is 0 Å². The first-order chi connectivity index (χ1) is 16.7. The summed E-state index contributed by atoms with van der Waals surface area (Å²) < 4.78 is 29.9. The van der Waals surface area contributed by atoms with Crippen molar-refractivity contribution in [1.82, 2.24) is 19.9 Å². The molecule has 3 aliphatic rings. The van der Waals surface area contributed by atoms with E-state index in [9.17, 15) is 18.7 Å². The number of aromatic nitrogens is 3. The molecule has 3 fully saturated rings. The number of fused-ring (bicyclic) bond motifs is 1. The summed E-state index contributed by atoms with van der Waals surface area (Å²) in [4.78, 5) is 19.9. The molecule has 2 aliphatic carbocycles. The third kappa shape index (κ3) is 3.95. The van der Waals surface area contributed by atoms with Gasteiger partial charge in [-0.1, -0.05) is 0 Å². The van der Waals surface area contributed by atoms with Crippen molar-refractivity contribution in [3.8, 4) is 0 Å². The summed E-state index contributed by atoms with van der Waals surface area (Å²) >= 11 is 0. The molecule has 1 aliphatic heterocycles. The molecule has 1 aromatic carbocycles. The van der Waals surface area contributed by atoms with E-state index >= 15 is 0 Å². The number of carbonyl (C=O) groups is 1. The summed E-state index contributed by atoms with van der Waals surface area (Å²) in [6.07, 6.45) is 9.05. The van der Waals surface area contributed by atoms with Gasteiger partial charge in [0.25, 0.3) is 5.91 Å². The molecule has 1 spiro atoms. The van der Waals surface area contributed by atoms with E-state index < -0.39 is 17.2 Å². The molecule has 1 amide bonds. The molecule has 1 saturated heterocycles. The second kappa shape index (κ2) is 7.98. The number of aliphatic hydroxyl groups is 1. The molecule has 7 nitrogen and oxygen atoms in total. The lowest BCUT2D eigenvalue weighted by Crippen LogP contribution is -2.36. The van der Waals surface area contributed by atoms with Crippen molar-refractivity contribution >= 4 is 17.4 Å². The lowest BCUT2D eigenvalue weighted by atomic mass is 9.77. The minimum absolute atomic E-state index is 0.0945. The van der Waals surface area contributed by atoms with Gasteiger partial charge in [-0.3, -0.25) is 4.79 Å². The third-order valence-electron chi connectivity index (χ3n) is 8.28. The molecule has 3 aromatic rings. The lowest BCUT2D eigenvalue weighted by molar-refractivity contribution is 0.00198. The fraction of sp³-hybridized carbons (Fsp3) is 0.500. The third-order valence-corrected chi connectivity index (χ3v) is 8.28. The van der Waals surface area contributed by atoms with Crippen molar-refractivity contribution in [2.75, 3.05) is 11.4 Å². The number of amides is 1. The molecule has 2 N–H and O–H groups in total. The van der Waals surface area contributed by atoms with Gasteiger partial charge in [0.2, 0.25) is 0 Å². The fourth-order valence-corrected chi connectivity index (χ4v) is 5.94. The van der Waals surface area contributed by atoms with Crippen LogP contribution in [-0.2, 0) is 0 Å². The van der Waals surface area contributed by atoms with Crippen LogP contribution >= 0.6 is 0 Å². The largest absolute Gasteiger partial charge is 0.390 e. The molecule has 3 heterocycles. The zero-order chi connectivity index (χ0) is 24.4. The maximum atomic E-state index is 14.5. The van der Waals surface area contributed by atoms with Crippen molar-refractivity contribution in [3.05, 3.63) is 59.4 Å². The number of halogens is 2. The van der Waals surface area contributed by atoms with E-state index in [0.717, 1.165) is 50.7 Å². The van der Waals surface area contributed by atoms with Crippen molar-refractivity contribution in [2.24, 2.45) is 5.41 Å². The fourth-order valence-electron chi connectivity index (χ4n) is 5.94. The summed E-state index contributed by atoms with van der Waals surface area (Å²) in [5.41, 5.74) is 0.641. The molecule has 35 heavy (non-hydrogen) atoms. The van der Waals surface area contributed by atoms with Gasteiger partial charge in [-0.2, -0.15) is 5.10 Å². The van der Waals surface area contributed by atoms with E-state index in [1.54, 1.807) is 16.8 Å². The first-order valence-corrected chi connectivity index (χ1v) is 12.3. The number of hydrogen-bond acceptors (Lipinski definition) is 5. The smallest absolute Gasteiger partial charge is 0.257 e. The lowest BCUT2D eigenvalue weighted by Gasteiger charge is -2.34. The maximum absolute atomic E-state index is 14.5. The molecule has 2 aromatic heterocycles. The number of hydrogen-bond donors (Lipinski definition) is 2. The maximum Gasteiger partial charge on any atom is 0.257 e. The van der Waals surface area contributed by atoms with Crippen LogP contribution in [0.25, 0.3) is 5.65 Å². The van der Waals surface area contributed by atoms with E-state index in [1.807, 2.05) is 11.8 Å². The summed E-state index contributed by atoms with van der Waals surface area (Å²) in [6.45, 7) is 2.54. The summed E-state index contributed by atoms with van der Waals surface area (Å²) in [7, 11) is 0. The van der Waals surface area contributed by atoms with E-state index in [-0.39, 0.29) is 23.4 Å². The molecule has 0 radical (unpaired) electrons. The molecular formula is C26H29F2N5O2. The Balaban J connectivity index is 1.23. The van der Waals surface area contributed by atoms with Gasteiger partial charge in [-0.15, -0.1) is 0 Å². The van der Waals surface area contributed by atoms with Crippen molar-refractivity contribution in [2.45, 2.75) is 69.6 Å². The van der Waals surface area contributed by atoms with Gasteiger partial charge in [-0.05, 0) is 81.5 Å². The van der Waals surface area contributed by atoms with Gasteiger partial charge < -0.3 is 15.3 Å². The normalized spacial score (nSPS) is 30.2. The molecular weight excluding hydrogens is 452 g/mol. The molecule has 1 unspecified atom stereocenters. The average Bonchev–Trinajstić information content (AvgIpc) is 3.18. The van der Waals surface area contributed by atoms with E-state index in [2.05, 4.69) is 10.4 Å². The van der Waals surface area contributed by atoms with Crippen LogP contribution in [0.3, 0.4) is 0 Å². The molecule has 0 bridgehead atoms. The molecule has 184 valence electrons. The highest BCUT2D eigenvalue weighted by atomic mass is 19.1.